The summed E-state index contributed by atoms with van der Waals surface area (Å²) in [5, 5.41) is 16.4. The van der Waals surface area contributed by atoms with Gasteiger partial charge in [-0.3, -0.25) is 14.9 Å². The number of fused-ring (bicyclic) bond motifs is 1. The van der Waals surface area contributed by atoms with E-state index in [-0.39, 0.29) is 16.9 Å². The number of H-pyrrole nitrogens is 2. The molecule has 0 fully saturated rings. The Morgan fingerprint density at radius 2 is 1.88 bits per heavy atom. The van der Waals surface area contributed by atoms with Crippen LogP contribution in [-0.4, -0.2) is 27.8 Å². The molecular formula is C15H13N5O4. The van der Waals surface area contributed by atoms with Crippen LogP contribution in [0.2, 0.25) is 0 Å². The Bertz CT molecular complexity index is 1000. The van der Waals surface area contributed by atoms with Crippen molar-refractivity contribution in [2.45, 2.75) is 0 Å². The molecule has 0 aliphatic carbocycles. The minimum Gasteiger partial charge on any atom is -0.383 e. The summed E-state index contributed by atoms with van der Waals surface area (Å²) in [5.74, 6) is -0.488. The lowest BCUT2D eigenvalue weighted by atomic mass is 10.1. The van der Waals surface area contributed by atoms with E-state index in [9.17, 15) is 19.7 Å². The molecule has 4 N–H and O–H groups in total. The van der Waals surface area contributed by atoms with Gasteiger partial charge in [0.2, 0.25) is 0 Å². The number of nitro groups is 1. The van der Waals surface area contributed by atoms with E-state index < -0.39 is 10.8 Å². The zero-order valence-corrected chi connectivity index (χ0v) is 12.5. The molecule has 0 spiro atoms. The maximum Gasteiger partial charge on any atom is 0.323 e. The predicted molar refractivity (Wildman–Crippen MR) is 89.5 cm³/mol. The van der Waals surface area contributed by atoms with E-state index in [1.807, 2.05) is 0 Å². The summed E-state index contributed by atoms with van der Waals surface area (Å²) in [5.41, 5.74) is 1.58. The van der Waals surface area contributed by atoms with Gasteiger partial charge in [-0.1, -0.05) is 0 Å². The summed E-state index contributed by atoms with van der Waals surface area (Å²) < 4.78 is 0. The van der Waals surface area contributed by atoms with Gasteiger partial charge in [0.15, 0.2) is 0 Å². The van der Waals surface area contributed by atoms with Crippen molar-refractivity contribution < 1.29 is 9.72 Å². The van der Waals surface area contributed by atoms with Crippen LogP contribution in [0.4, 0.5) is 17.1 Å². The number of nitro benzene ring substituents is 1. The third kappa shape index (κ3) is 2.82. The third-order valence-corrected chi connectivity index (χ3v) is 3.50. The molecule has 24 heavy (non-hydrogen) atoms. The molecule has 9 nitrogen and oxygen atoms in total. The monoisotopic (exact) mass is 327 g/mol. The van der Waals surface area contributed by atoms with E-state index in [1.165, 1.54) is 18.2 Å². The molecule has 1 heterocycles. The normalized spacial score (nSPS) is 10.5. The van der Waals surface area contributed by atoms with Gasteiger partial charge in [0.1, 0.15) is 5.69 Å². The highest BCUT2D eigenvalue weighted by molar-refractivity contribution is 6.05. The second kappa shape index (κ2) is 5.88. The molecule has 2 aromatic carbocycles. The SMILES string of the molecule is CNc1ccc(C(=O)Nc2ccc3[nH]c(=O)[nH]c3c2)cc1[N+](=O)[O-]. The first-order valence-electron chi connectivity index (χ1n) is 6.97. The van der Waals surface area contributed by atoms with Gasteiger partial charge in [-0.25, -0.2) is 4.79 Å². The number of amides is 1. The number of carbonyl (C=O) groups is 1. The highest BCUT2D eigenvalue weighted by atomic mass is 16.6. The van der Waals surface area contributed by atoms with E-state index in [0.29, 0.717) is 22.4 Å². The number of benzene rings is 2. The molecule has 1 amide bonds. The van der Waals surface area contributed by atoms with Gasteiger partial charge in [-0.2, -0.15) is 0 Å². The zero-order chi connectivity index (χ0) is 17.3. The summed E-state index contributed by atoms with van der Waals surface area (Å²) in [6.45, 7) is 0. The van der Waals surface area contributed by atoms with Crippen LogP contribution in [0.3, 0.4) is 0 Å². The van der Waals surface area contributed by atoms with Gasteiger partial charge in [0, 0.05) is 24.4 Å². The fraction of sp³-hybridized carbons (Fsp3) is 0.0667. The van der Waals surface area contributed by atoms with Gasteiger partial charge in [-0.15, -0.1) is 0 Å². The summed E-state index contributed by atoms with van der Waals surface area (Å²) >= 11 is 0. The van der Waals surface area contributed by atoms with Crippen LogP contribution in [0.5, 0.6) is 0 Å². The largest absolute Gasteiger partial charge is 0.383 e. The lowest BCUT2D eigenvalue weighted by molar-refractivity contribution is -0.384. The lowest BCUT2D eigenvalue weighted by Gasteiger charge is -2.07. The molecule has 3 rings (SSSR count). The van der Waals surface area contributed by atoms with Gasteiger partial charge < -0.3 is 20.6 Å². The first kappa shape index (κ1) is 15.3. The number of carbonyl (C=O) groups excluding carboxylic acids is 1. The average molecular weight is 327 g/mol. The second-order valence-corrected chi connectivity index (χ2v) is 5.03. The number of aromatic nitrogens is 2. The van der Waals surface area contributed by atoms with Gasteiger partial charge in [-0.05, 0) is 30.3 Å². The van der Waals surface area contributed by atoms with Crippen molar-refractivity contribution in [1.82, 2.24) is 9.97 Å². The average Bonchev–Trinajstić information content (AvgIpc) is 2.93. The van der Waals surface area contributed by atoms with Crippen molar-refractivity contribution in [2.24, 2.45) is 0 Å². The minimum atomic E-state index is -0.556. The molecule has 0 saturated heterocycles. The quantitative estimate of drug-likeness (QED) is 0.430. The molecule has 0 aliphatic rings. The highest BCUT2D eigenvalue weighted by Crippen LogP contribution is 2.25. The van der Waals surface area contributed by atoms with Crippen molar-refractivity contribution in [3.63, 3.8) is 0 Å². The van der Waals surface area contributed by atoms with Crippen LogP contribution in [0, 0.1) is 10.1 Å². The number of anilines is 2. The van der Waals surface area contributed by atoms with Crippen LogP contribution < -0.4 is 16.3 Å². The Hall–Kier alpha value is -3.62. The van der Waals surface area contributed by atoms with E-state index in [1.54, 1.807) is 25.2 Å². The van der Waals surface area contributed by atoms with Crippen LogP contribution in [0.15, 0.2) is 41.2 Å². The number of rotatable bonds is 4. The fourth-order valence-electron chi connectivity index (χ4n) is 2.35. The van der Waals surface area contributed by atoms with Gasteiger partial charge in [0.25, 0.3) is 11.6 Å². The van der Waals surface area contributed by atoms with Crippen LogP contribution in [0.25, 0.3) is 11.0 Å². The van der Waals surface area contributed by atoms with Crippen LogP contribution >= 0.6 is 0 Å². The molecule has 1 aromatic heterocycles. The Morgan fingerprint density at radius 3 is 2.58 bits per heavy atom. The molecule has 0 radical (unpaired) electrons. The summed E-state index contributed by atoms with van der Waals surface area (Å²) in [4.78, 5) is 39.2. The van der Waals surface area contributed by atoms with Crippen molar-refractivity contribution in [2.75, 3.05) is 17.7 Å². The lowest BCUT2D eigenvalue weighted by Crippen LogP contribution is -2.12. The minimum absolute atomic E-state index is 0.156. The number of hydrogen-bond donors (Lipinski definition) is 4. The standard InChI is InChI=1S/C15H13N5O4/c1-16-11-4-2-8(6-13(11)20(23)24)14(21)17-9-3-5-10-12(7-9)19-15(22)18-10/h2-7,16H,1H3,(H,17,21)(H2,18,19,22). The topological polar surface area (TPSA) is 133 Å². The van der Waals surface area contributed by atoms with E-state index >= 15 is 0 Å². The first-order valence-corrected chi connectivity index (χ1v) is 6.97. The van der Waals surface area contributed by atoms with E-state index in [2.05, 4.69) is 20.6 Å². The molecule has 0 saturated carbocycles. The maximum atomic E-state index is 12.3. The molecule has 3 aromatic rings. The number of nitrogens with zero attached hydrogens (tertiary/aromatic N) is 1. The molecule has 0 atom stereocenters. The van der Waals surface area contributed by atoms with Crippen molar-refractivity contribution in [3.05, 3.63) is 62.6 Å². The van der Waals surface area contributed by atoms with Gasteiger partial charge in [0.05, 0.1) is 16.0 Å². The molecule has 0 aliphatic heterocycles. The third-order valence-electron chi connectivity index (χ3n) is 3.50. The van der Waals surface area contributed by atoms with Crippen LogP contribution in [-0.2, 0) is 0 Å². The molecular weight excluding hydrogens is 314 g/mol. The smallest absolute Gasteiger partial charge is 0.323 e. The van der Waals surface area contributed by atoms with E-state index in [0.717, 1.165) is 0 Å². The Balaban J connectivity index is 1.89. The zero-order valence-electron chi connectivity index (χ0n) is 12.5. The van der Waals surface area contributed by atoms with E-state index in [4.69, 9.17) is 0 Å². The number of nitrogens with one attached hydrogen (secondary N) is 4. The fourth-order valence-corrected chi connectivity index (χ4v) is 2.35. The Kier molecular flexibility index (Phi) is 3.74. The number of imidazole rings is 1. The van der Waals surface area contributed by atoms with Crippen molar-refractivity contribution in [3.8, 4) is 0 Å². The first-order chi connectivity index (χ1) is 11.5. The van der Waals surface area contributed by atoms with Crippen molar-refractivity contribution in [1.29, 1.82) is 0 Å². The Labute approximate surface area is 134 Å². The maximum absolute atomic E-state index is 12.3. The molecule has 0 bridgehead atoms. The number of aromatic amines is 2. The molecule has 9 heteroatoms. The Morgan fingerprint density at radius 1 is 1.12 bits per heavy atom. The summed E-state index contributed by atoms with van der Waals surface area (Å²) in [6, 6.07) is 9.04. The second-order valence-electron chi connectivity index (χ2n) is 5.03. The molecule has 0 unspecified atom stereocenters. The van der Waals surface area contributed by atoms with Gasteiger partial charge >= 0.3 is 5.69 Å². The summed E-state index contributed by atoms with van der Waals surface area (Å²) in [7, 11) is 1.56. The van der Waals surface area contributed by atoms with Crippen molar-refractivity contribution >= 4 is 34.0 Å². The van der Waals surface area contributed by atoms with Crippen LogP contribution in [0.1, 0.15) is 10.4 Å². The predicted octanol–water partition coefficient (Wildman–Crippen LogP) is 2.06. The number of hydrogen-bond acceptors (Lipinski definition) is 5. The molecule has 122 valence electrons. The summed E-state index contributed by atoms with van der Waals surface area (Å²) in [6.07, 6.45) is 0. The highest BCUT2D eigenvalue weighted by Gasteiger charge is 2.17.